The first-order chi connectivity index (χ1) is 5.15. The van der Waals surface area contributed by atoms with Gasteiger partial charge in [-0.2, -0.15) is 0 Å². The van der Waals surface area contributed by atoms with E-state index in [9.17, 15) is 4.79 Å². The molecular weight excluding hydrogens is 148 g/mol. The van der Waals surface area contributed by atoms with E-state index in [0.717, 1.165) is 0 Å². The molecule has 0 aliphatic carbocycles. The van der Waals surface area contributed by atoms with Crippen LogP contribution in [0.25, 0.3) is 0 Å². The third kappa shape index (κ3) is 1.89. The normalized spacial score (nSPS) is 32.8. The Morgan fingerprint density at radius 1 is 1.73 bits per heavy atom. The minimum Gasteiger partial charge on any atom is -0.480 e. The predicted octanol–water partition coefficient (Wildman–Crippen LogP) is -1.61. The number of nitrogens with one attached hydrogen (secondary N) is 1. The van der Waals surface area contributed by atoms with Gasteiger partial charge in [-0.05, 0) is 0 Å². The predicted molar refractivity (Wildman–Crippen MR) is 38.2 cm³/mol. The van der Waals surface area contributed by atoms with Crippen molar-refractivity contribution in [2.75, 3.05) is 26.3 Å². The van der Waals surface area contributed by atoms with Crippen LogP contribution in [0.15, 0.2) is 0 Å². The fourth-order valence-corrected chi connectivity index (χ4v) is 0.898. The summed E-state index contributed by atoms with van der Waals surface area (Å²) in [5.41, 5.74) is 4.26. The molecule has 0 aromatic heterocycles. The number of hydrogen-bond donors (Lipinski definition) is 3. The van der Waals surface area contributed by atoms with Crippen LogP contribution in [0.5, 0.6) is 0 Å². The average molecular weight is 160 g/mol. The largest absolute Gasteiger partial charge is 0.480 e. The molecule has 0 spiro atoms. The van der Waals surface area contributed by atoms with Crippen LogP contribution in [-0.4, -0.2) is 42.9 Å². The van der Waals surface area contributed by atoms with Gasteiger partial charge in [0.1, 0.15) is 0 Å². The Balaban J connectivity index is 2.59. The smallest absolute Gasteiger partial charge is 0.327 e. The van der Waals surface area contributed by atoms with Gasteiger partial charge >= 0.3 is 5.97 Å². The summed E-state index contributed by atoms with van der Waals surface area (Å²) in [5, 5.41) is 11.6. The van der Waals surface area contributed by atoms with Crippen LogP contribution in [0, 0.1) is 0 Å². The number of aliphatic carboxylic acids is 1. The summed E-state index contributed by atoms with van der Waals surface area (Å²) < 4.78 is 5.00. The van der Waals surface area contributed by atoms with E-state index in [4.69, 9.17) is 15.6 Å². The Labute approximate surface area is 64.5 Å². The lowest BCUT2D eigenvalue weighted by Crippen LogP contribution is -2.57. The monoisotopic (exact) mass is 160 g/mol. The van der Waals surface area contributed by atoms with E-state index in [0.29, 0.717) is 13.2 Å². The fourth-order valence-electron chi connectivity index (χ4n) is 0.898. The van der Waals surface area contributed by atoms with E-state index in [1.54, 1.807) is 0 Å². The molecular formula is C6H12N2O3. The number of rotatable bonds is 1. The number of ether oxygens (including phenoxy) is 1. The van der Waals surface area contributed by atoms with Gasteiger partial charge in [-0.3, -0.25) is 4.79 Å². The van der Waals surface area contributed by atoms with E-state index in [1.165, 1.54) is 0 Å². The maximum atomic E-state index is 10.6. The molecule has 1 atom stereocenters. The van der Waals surface area contributed by atoms with Gasteiger partial charge in [-0.1, -0.05) is 0 Å². The van der Waals surface area contributed by atoms with Gasteiger partial charge < -0.3 is 20.9 Å². The lowest BCUT2D eigenvalue weighted by Gasteiger charge is -2.20. The molecule has 1 aliphatic rings. The number of hydrogen-bond acceptors (Lipinski definition) is 4. The zero-order valence-corrected chi connectivity index (χ0v) is 6.17. The zero-order valence-electron chi connectivity index (χ0n) is 6.17. The Morgan fingerprint density at radius 2 is 2.45 bits per heavy atom. The minimum atomic E-state index is -1.25. The second kappa shape index (κ2) is 3.17. The summed E-state index contributed by atoms with van der Waals surface area (Å²) in [7, 11) is 0. The first-order valence-corrected chi connectivity index (χ1v) is 3.46. The zero-order chi connectivity index (χ0) is 8.32. The molecule has 4 N–H and O–H groups in total. The van der Waals surface area contributed by atoms with Gasteiger partial charge in [-0.15, -0.1) is 0 Å². The van der Waals surface area contributed by atoms with Crippen molar-refractivity contribution >= 4 is 5.97 Å². The van der Waals surface area contributed by atoms with Gasteiger partial charge in [0.25, 0.3) is 0 Å². The summed E-state index contributed by atoms with van der Waals surface area (Å²) in [4.78, 5) is 10.6. The van der Waals surface area contributed by atoms with E-state index in [1.807, 2.05) is 0 Å². The van der Waals surface area contributed by atoms with Gasteiger partial charge in [0.15, 0.2) is 5.54 Å². The Hall–Kier alpha value is -0.650. The molecule has 11 heavy (non-hydrogen) atoms. The van der Waals surface area contributed by atoms with Crippen molar-refractivity contribution in [3.8, 4) is 0 Å². The molecule has 1 fully saturated rings. The average Bonchev–Trinajstić information content (AvgIpc) is 2.15. The highest BCUT2D eigenvalue weighted by Crippen LogP contribution is 2.02. The van der Waals surface area contributed by atoms with Crippen molar-refractivity contribution in [1.82, 2.24) is 5.32 Å². The van der Waals surface area contributed by atoms with Crippen molar-refractivity contribution in [3.05, 3.63) is 0 Å². The summed E-state index contributed by atoms with van der Waals surface area (Å²) in [6.45, 7) is 1.52. The van der Waals surface area contributed by atoms with Crippen molar-refractivity contribution in [1.29, 1.82) is 0 Å². The summed E-state index contributed by atoms with van der Waals surface area (Å²) in [5.74, 6) is -1.02. The molecule has 1 saturated heterocycles. The van der Waals surface area contributed by atoms with Crippen LogP contribution < -0.4 is 11.1 Å². The number of carbonyl (C=O) groups is 1. The lowest BCUT2D eigenvalue weighted by molar-refractivity contribution is -0.145. The Bertz CT molecular complexity index is 152. The molecule has 5 nitrogen and oxygen atoms in total. The summed E-state index contributed by atoms with van der Waals surface area (Å²) >= 11 is 0. The molecule has 1 heterocycles. The van der Waals surface area contributed by atoms with Crippen molar-refractivity contribution < 1.29 is 14.6 Å². The molecule has 1 rings (SSSR count). The quantitative estimate of drug-likeness (QED) is 0.429. The Kier molecular flexibility index (Phi) is 2.43. The summed E-state index contributed by atoms with van der Waals surface area (Å²) in [6.07, 6.45) is 0. The van der Waals surface area contributed by atoms with Gasteiger partial charge in [0.2, 0.25) is 0 Å². The highest BCUT2D eigenvalue weighted by atomic mass is 16.5. The van der Waals surface area contributed by atoms with E-state index in [-0.39, 0.29) is 13.2 Å². The van der Waals surface area contributed by atoms with Gasteiger partial charge in [0, 0.05) is 13.1 Å². The fraction of sp³-hybridized carbons (Fsp3) is 0.833. The van der Waals surface area contributed by atoms with E-state index < -0.39 is 11.5 Å². The van der Waals surface area contributed by atoms with E-state index in [2.05, 4.69) is 5.32 Å². The molecule has 0 unspecified atom stereocenters. The van der Waals surface area contributed by atoms with Crippen LogP contribution >= 0.6 is 0 Å². The second-order valence-electron chi connectivity index (χ2n) is 2.69. The van der Waals surface area contributed by atoms with E-state index >= 15 is 0 Å². The van der Waals surface area contributed by atoms with Crippen molar-refractivity contribution in [3.63, 3.8) is 0 Å². The number of carboxylic acids is 1. The third-order valence-corrected chi connectivity index (χ3v) is 1.65. The lowest BCUT2D eigenvalue weighted by atomic mass is 10.0. The van der Waals surface area contributed by atoms with Crippen LogP contribution in [0.4, 0.5) is 0 Å². The maximum Gasteiger partial charge on any atom is 0.327 e. The number of carboxylic acid groups (broad SMARTS) is 1. The van der Waals surface area contributed by atoms with Crippen LogP contribution in [0.2, 0.25) is 0 Å². The molecule has 5 heteroatoms. The summed E-state index contributed by atoms with van der Waals surface area (Å²) in [6, 6.07) is 0. The standard InChI is InChI=1S/C6H12N2O3/c7-6(5(9)10)3-8-1-2-11-4-6/h8H,1-4,7H2,(H,9,10)/t6-/m0/s1. The topological polar surface area (TPSA) is 84.6 Å². The molecule has 0 saturated carbocycles. The van der Waals surface area contributed by atoms with Crippen molar-refractivity contribution in [2.24, 2.45) is 5.73 Å². The van der Waals surface area contributed by atoms with Gasteiger partial charge in [-0.25, -0.2) is 0 Å². The second-order valence-corrected chi connectivity index (χ2v) is 2.69. The highest BCUT2D eigenvalue weighted by Gasteiger charge is 2.35. The van der Waals surface area contributed by atoms with Crippen LogP contribution in [-0.2, 0) is 9.53 Å². The molecule has 64 valence electrons. The molecule has 0 bridgehead atoms. The highest BCUT2D eigenvalue weighted by molar-refractivity contribution is 5.79. The van der Waals surface area contributed by atoms with Crippen LogP contribution in [0.3, 0.4) is 0 Å². The Morgan fingerprint density at radius 3 is 3.09 bits per heavy atom. The molecule has 0 radical (unpaired) electrons. The van der Waals surface area contributed by atoms with Crippen molar-refractivity contribution in [2.45, 2.75) is 5.54 Å². The SMILES string of the molecule is N[C@@]1(C(=O)O)CNCCOC1. The van der Waals surface area contributed by atoms with Gasteiger partial charge in [0.05, 0.1) is 13.2 Å². The molecule has 0 aromatic carbocycles. The first-order valence-electron chi connectivity index (χ1n) is 3.46. The maximum absolute atomic E-state index is 10.6. The number of nitrogens with two attached hydrogens (primary N) is 1. The van der Waals surface area contributed by atoms with Crippen LogP contribution in [0.1, 0.15) is 0 Å². The molecule has 1 aliphatic heterocycles. The third-order valence-electron chi connectivity index (χ3n) is 1.65. The minimum absolute atomic E-state index is 0.0787. The molecule has 0 amide bonds. The molecule has 0 aromatic rings. The first kappa shape index (κ1) is 8.45.